The predicted octanol–water partition coefficient (Wildman–Crippen LogP) is 0.508. The molecule has 0 saturated heterocycles. The maximum absolute atomic E-state index is 13.5. The number of nitrogens with two attached hydrogens (primary N) is 1. The summed E-state index contributed by atoms with van der Waals surface area (Å²) in [4.78, 5) is 22.5. The molecule has 0 aromatic heterocycles. The van der Waals surface area contributed by atoms with E-state index in [4.69, 9.17) is 10.5 Å². The van der Waals surface area contributed by atoms with Crippen molar-refractivity contribution in [2.75, 3.05) is 20.2 Å². The minimum atomic E-state index is -0.498. The first kappa shape index (κ1) is 19.1. The third-order valence-electron chi connectivity index (χ3n) is 2.68. The Labute approximate surface area is 128 Å². The number of methoxy groups -OCH3 is 1. The summed E-state index contributed by atoms with van der Waals surface area (Å²) in [5.74, 6) is -1.15. The molecule has 0 radical (unpaired) electrons. The topological polar surface area (TPSA) is 93.5 Å². The number of carbonyl (C=O) groups excluding carboxylic acids is 2. The predicted molar refractivity (Wildman–Crippen MR) is 78.8 cm³/mol. The van der Waals surface area contributed by atoms with E-state index >= 15 is 0 Å². The average molecular weight is 320 g/mol. The van der Waals surface area contributed by atoms with Crippen LogP contribution in [0.15, 0.2) is 18.2 Å². The van der Waals surface area contributed by atoms with Gasteiger partial charge in [-0.05, 0) is 24.6 Å². The molecule has 0 bridgehead atoms. The number of hydrogen-bond donors (Lipinski definition) is 3. The van der Waals surface area contributed by atoms with Gasteiger partial charge in [-0.1, -0.05) is 6.07 Å². The van der Waals surface area contributed by atoms with Crippen molar-refractivity contribution in [3.8, 4) is 5.75 Å². The molecule has 0 aliphatic carbocycles. The lowest BCUT2D eigenvalue weighted by Crippen LogP contribution is -2.40. The molecule has 118 valence electrons. The third kappa shape index (κ3) is 5.97. The quantitative estimate of drug-likeness (QED) is 0.712. The van der Waals surface area contributed by atoms with Crippen molar-refractivity contribution in [1.29, 1.82) is 0 Å². The van der Waals surface area contributed by atoms with Crippen molar-refractivity contribution >= 4 is 24.2 Å². The van der Waals surface area contributed by atoms with E-state index in [2.05, 4.69) is 10.6 Å². The molecule has 0 aliphatic rings. The fraction of sp³-hybridized carbons (Fsp3) is 0.385. The zero-order valence-corrected chi connectivity index (χ0v) is 12.6. The lowest BCUT2D eigenvalue weighted by atomic mass is 10.1. The molecule has 1 atom stereocenters. The molecule has 1 rings (SSSR count). The highest BCUT2D eigenvalue weighted by Crippen LogP contribution is 2.21. The number of halogens is 2. The average Bonchev–Trinajstić information content (AvgIpc) is 2.44. The Balaban J connectivity index is 0.00000400. The second kappa shape index (κ2) is 9.15. The maximum Gasteiger partial charge on any atom is 0.239 e. The molecule has 6 nitrogen and oxygen atoms in total. The van der Waals surface area contributed by atoms with Crippen molar-refractivity contribution in [2.45, 2.75) is 13.0 Å². The van der Waals surface area contributed by atoms with E-state index in [0.29, 0.717) is 5.56 Å². The normalized spacial score (nSPS) is 11.0. The van der Waals surface area contributed by atoms with Crippen molar-refractivity contribution in [3.63, 3.8) is 0 Å². The highest BCUT2D eigenvalue weighted by Gasteiger charge is 2.12. The molecule has 0 aliphatic heterocycles. The van der Waals surface area contributed by atoms with Crippen LogP contribution >= 0.6 is 12.4 Å². The van der Waals surface area contributed by atoms with E-state index in [1.807, 2.05) is 0 Å². The van der Waals surface area contributed by atoms with Gasteiger partial charge in [-0.3, -0.25) is 9.59 Å². The highest BCUT2D eigenvalue weighted by molar-refractivity contribution is 5.85. The largest absolute Gasteiger partial charge is 0.494 e. The van der Waals surface area contributed by atoms with Crippen LogP contribution in [0.25, 0.3) is 0 Å². The second-order valence-corrected chi connectivity index (χ2v) is 4.16. The minimum Gasteiger partial charge on any atom is -0.494 e. The first-order valence-corrected chi connectivity index (χ1v) is 6.07. The standard InChI is InChI=1S/C13H18FN3O3.ClH/c1-8(17-13(19)7-16-12(18)6-15)9-3-4-11(20-2)10(14)5-9;/h3-5,8H,6-7,15H2,1-2H3,(H,16,18)(H,17,19);1H. The highest BCUT2D eigenvalue weighted by atomic mass is 35.5. The van der Waals surface area contributed by atoms with Gasteiger partial charge in [0.25, 0.3) is 0 Å². The van der Waals surface area contributed by atoms with Crippen molar-refractivity contribution in [2.24, 2.45) is 5.73 Å². The molecule has 1 unspecified atom stereocenters. The van der Waals surface area contributed by atoms with Crippen molar-refractivity contribution < 1.29 is 18.7 Å². The van der Waals surface area contributed by atoms with Gasteiger partial charge in [0.15, 0.2) is 11.6 Å². The molecule has 0 heterocycles. The van der Waals surface area contributed by atoms with Crippen LogP contribution in [0.3, 0.4) is 0 Å². The fourth-order valence-corrected chi connectivity index (χ4v) is 1.58. The van der Waals surface area contributed by atoms with Gasteiger partial charge in [-0.2, -0.15) is 0 Å². The van der Waals surface area contributed by atoms with Crippen molar-refractivity contribution in [3.05, 3.63) is 29.6 Å². The number of ether oxygens (including phenoxy) is 1. The van der Waals surface area contributed by atoms with E-state index in [1.54, 1.807) is 13.0 Å². The van der Waals surface area contributed by atoms with Crippen LogP contribution in [-0.2, 0) is 9.59 Å². The SMILES string of the molecule is COc1ccc(C(C)NC(=O)CNC(=O)CN)cc1F.Cl. The van der Waals surface area contributed by atoms with E-state index in [9.17, 15) is 14.0 Å². The Bertz CT molecular complexity index is 500. The number of benzene rings is 1. The Hall–Kier alpha value is -1.86. The molecule has 4 N–H and O–H groups in total. The van der Waals surface area contributed by atoms with Gasteiger partial charge in [0.1, 0.15) is 0 Å². The first-order valence-electron chi connectivity index (χ1n) is 6.07. The van der Waals surface area contributed by atoms with Crippen molar-refractivity contribution in [1.82, 2.24) is 10.6 Å². The van der Waals surface area contributed by atoms with Crippen LogP contribution in [-0.4, -0.2) is 32.0 Å². The van der Waals surface area contributed by atoms with E-state index in [1.165, 1.54) is 19.2 Å². The minimum absolute atomic E-state index is 0. The lowest BCUT2D eigenvalue weighted by Gasteiger charge is -2.15. The van der Waals surface area contributed by atoms with Crippen LogP contribution in [0.5, 0.6) is 5.75 Å². The second-order valence-electron chi connectivity index (χ2n) is 4.16. The zero-order chi connectivity index (χ0) is 15.1. The van der Waals surface area contributed by atoms with Gasteiger partial charge < -0.3 is 21.1 Å². The third-order valence-corrected chi connectivity index (χ3v) is 2.68. The summed E-state index contributed by atoms with van der Waals surface area (Å²) in [5, 5.41) is 4.99. The molecule has 0 fully saturated rings. The molecule has 0 saturated carbocycles. The van der Waals surface area contributed by atoms with Gasteiger partial charge in [0.2, 0.25) is 11.8 Å². The summed E-state index contributed by atoms with van der Waals surface area (Å²) >= 11 is 0. The monoisotopic (exact) mass is 319 g/mol. The van der Waals surface area contributed by atoms with Crippen LogP contribution in [0.1, 0.15) is 18.5 Å². The molecule has 1 aromatic rings. The van der Waals surface area contributed by atoms with Gasteiger partial charge in [0.05, 0.1) is 26.2 Å². The summed E-state index contributed by atoms with van der Waals surface area (Å²) in [6.07, 6.45) is 0. The van der Waals surface area contributed by atoms with E-state index in [0.717, 1.165) is 0 Å². The summed E-state index contributed by atoms with van der Waals surface area (Å²) in [5.41, 5.74) is 5.70. The summed E-state index contributed by atoms with van der Waals surface area (Å²) < 4.78 is 18.4. The number of carbonyl (C=O) groups is 2. The summed E-state index contributed by atoms with van der Waals surface area (Å²) in [6, 6.07) is 4.05. The fourth-order valence-electron chi connectivity index (χ4n) is 1.58. The number of amides is 2. The molecule has 21 heavy (non-hydrogen) atoms. The Morgan fingerprint density at radius 2 is 2.05 bits per heavy atom. The molecule has 1 aromatic carbocycles. The Morgan fingerprint density at radius 3 is 2.57 bits per heavy atom. The van der Waals surface area contributed by atoms with Gasteiger partial charge in [-0.25, -0.2) is 4.39 Å². The first-order chi connectivity index (χ1) is 9.47. The lowest BCUT2D eigenvalue weighted by molar-refractivity contribution is -0.125. The zero-order valence-electron chi connectivity index (χ0n) is 11.8. The smallest absolute Gasteiger partial charge is 0.239 e. The summed E-state index contributed by atoms with van der Waals surface area (Å²) in [6.45, 7) is 1.37. The molecular formula is C13H19ClFN3O3. The van der Waals surface area contributed by atoms with Crippen LogP contribution < -0.4 is 21.1 Å². The summed E-state index contributed by atoms with van der Waals surface area (Å²) in [7, 11) is 1.38. The molecular weight excluding hydrogens is 301 g/mol. The maximum atomic E-state index is 13.5. The number of hydrogen-bond acceptors (Lipinski definition) is 4. The van der Waals surface area contributed by atoms with Crippen LogP contribution in [0, 0.1) is 5.82 Å². The molecule has 2 amide bonds. The van der Waals surface area contributed by atoms with Crippen LogP contribution in [0.4, 0.5) is 4.39 Å². The van der Waals surface area contributed by atoms with Gasteiger partial charge in [0, 0.05) is 0 Å². The van der Waals surface area contributed by atoms with E-state index < -0.39 is 17.8 Å². The molecule has 0 spiro atoms. The van der Waals surface area contributed by atoms with Gasteiger partial charge in [-0.15, -0.1) is 12.4 Å². The molecule has 8 heteroatoms. The number of nitrogens with one attached hydrogen (secondary N) is 2. The number of rotatable bonds is 6. The van der Waals surface area contributed by atoms with E-state index in [-0.39, 0.29) is 37.2 Å². The Kier molecular flexibility index (Phi) is 8.34. The van der Waals surface area contributed by atoms with Crippen LogP contribution in [0.2, 0.25) is 0 Å². The van der Waals surface area contributed by atoms with Gasteiger partial charge >= 0.3 is 0 Å². The Morgan fingerprint density at radius 1 is 1.38 bits per heavy atom.